The molecule has 0 aliphatic rings. The number of nitrogens with zero attached hydrogens (tertiary/aromatic N) is 1. The summed E-state index contributed by atoms with van der Waals surface area (Å²) in [4.78, 5) is 16.9. The van der Waals surface area contributed by atoms with Gasteiger partial charge in [0, 0.05) is 9.35 Å². The van der Waals surface area contributed by atoms with E-state index in [2.05, 4.69) is 20.9 Å². The summed E-state index contributed by atoms with van der Waals surface area (Å²) in [6.45, 7) is 3.86. The molecule has 0 aliphatic carbocycles. The maximum atomic E-state index is 12.4. The summed E-state index contributed by atoms with van der Waals surface area (Å²) in [5.74, 6) is -0.844. The number of hydrogen-bond acceptors (Lipinski definition) is 4. The van der Waals surface area contributed by atoms with E-state index < -0.39 is 16.8 Å². The van der Waals surface area contributed by atoms with Crippen molar-refractivity contribution in [1.29, 1.82) is 0 Å². The van der Waals surface area contributed by atoms with Crippen LogP contribution in [0, 0.1) is 13.8 Å². The van der Waals surface area contributed by atoms with Gasteiger partial charge in [-0.05, 0) is 32.0 Å². The van der Waals surface area contributed by atoms with Crippen molar-refractivity contribution in [3.8, 4) is 0 Å². The van der Waals surface area contributed by atoms with Crippen molar-refractivity contribution in [2.75, 3.05) is 0 Å². The molecule has 4 nitrogen and oxygen atoms in total. The van der Waals surface area contributed by atoms with Crippen LogP contribution < -0.4 is 0 Å². The van der Waals surface area contributed by atoms with Crippen LogP contribution in [0.3, 0.4) is 0 Å². The van der Waals surface area contributed by atoms with Gasteiger partial charge in [0.2, 0.25) is 0 Å². The second-order valence-electron chi connectivity index (χ2n) is 4.18. The van der Waals surface area contributed by atoms with Crippen molar-refractivity contribution < 1.29 is 14.1 Å². The number of rotatable bonds is 4. The first-order chi connectivity index (χ1) is 9.38. The van der Waals surface area contributed by atoms with E-state index in [1.807, 2.05) is 13.8 Å². The Labute approximate surface area is 131 Å². The van der Waals surface area contributed by atoms with Crippen molar-refractivity contribution in [2.45, 2.75) is 24.5 Å². The molecule has 2 aromatic rings. The van der Waals surface area contributed by atoms with E-state index in [-0.39, 0.29) is 11.3 Å². The largest absolute Gasteiger partial charge is 0.478 e. The van der Waals surface area contributed by atoms with Crippen molar-refractivity contribution in [3.05, 3.63) is 43.8 Å². The predicted octanol–water partition coefficient (Wildman–Crippen LogP) is 3.53. The predicted molar refractivity (Wildman–Crippen MR) is 82.8 cm³/mol. The quantitative estimate of drug-likeness (QED) is 0.889. The number of carbonyl (C=O) groups is 1. The SMILES string of the molecule is Cc1nc(CS(=O)c2cc(Br)ccc2C(=O)O)sc1C. The van der Waals surface area contributed by atoms with Gasteiger partial charge in [0.05, 0.1) is 32.7 Å². The topological polar surface area (TPSA) is 67.3 Å². The molecule has 0 radical (unpaired) electrons. The molecular weight excluding hydrogens is 362 g/mol. The maximum absolute atomic E-state index is 12.4. The van der Waals surface area contributed by atoms with E-state index in [1.54, 1.807) is 12.1 Å². The molecule has 0 spiro atoms. The smallest absolute Gasteiger partial charge is 0.336 e. The lowest BCUT2D eigenvalue weighted by atomic mass is 10.2. The zero-order valence-electron chi connectivity index (χ0n) is 10.8. The van der Waals surface area contributed by atoms with Gasteiger partial charge in [0.1, 0.15) is 5.01 Å². The molecular formula is C13H12BrNO3S2. The minimum absolute atomic E-state index is 0.0662. The Kier molecular flexibility index (Phi) is 4.72. The molecule has 20 heavy (non-hydrogen) atoms. The summed E-state index contributed by atoms with van der Waals surface area (Å²) < 4.78 is 13.1. The highest BCUT2D eigenvalue weighted by atomic mass is 79.9. The van der Waals surface area contributed by atoms with E-state index in [0.29, 0.717) is 9.37 Å². The van der Waals surface area contributed by atoms with E-state index in [9.17, 15) is 9.00 Å². The van der Waals surface area contributed by atoms with Gasteiger partial charge in [-0.2, -0.15) is 0 Å². The fraction of sp³-hybridized carbons (Fsp3) is 0.231. The Morgan fingerprint density at radius 3 is 2.70 bits per heavy atom. The van der Waals surface area contributed by atoms with Gasteiger partial charge in [0.25, 0.3) is 0 Å². The summed E-state index contributed by atoms with van der Waals surface area (Å²) in [5, 5.41) is 9.92. The van der Waals surface area contributed by atoms with Crippen LogP contribution in [0.2, 0.25) is 0 Å². The first-order valence-electron chi connectivity index (χ1n) is 5.72. The average Bonchev–Trinajstić information content (AvgIpc) is 2.67. The standard InChI is InChI=1S/C13H12BrNO3S2/c1-7-8(2)19-12(15-7)6-20(18)11-5-9(14)3-4-10(11)13(16)17/h3-5H,6H2,1-2H3,(H,16,17). The molecule has 0 amide bonds. The summed E-state index contributed by atoms with van der Waals surface area (Å²) in [5.41, 5.74) is 0.992. The third-order valence-corrected chi connectivity index (χ3v) is 5.86. The maximum Gasteiger partial charge on any atom is 0.336 e. The van der Waals surface area contributed by atoms with Crippen LogP contribution in [-0.2, 0) is 16.6 Å². The molecule has 0 fully saturated rings. The van der Waals surface area contributed by atoms with Gasteiger partial charge in [-0.3, -0.25) is 4.21 Å². The number of carboxylic acid groups (broad SMARTS) is 1. The fourth-order valence-corrected chi connectivity index (χ4v) is 4.55. The van der Waals surface area contributed by atoms with Crippen LogP contribution in [-0.4, -0.2) is 20.3 Å². The Morgan fingerprint density at radius 1 is 1.45 bits per heavy atom. The molecule has 1 aromatic heterocycles. The first-order valence-corrected chi connectivity index (χ1v) is 8.65. The van der Waals surface area contributed by atoms with Gasteiger partial charge in [0.15, 0.2) is 0 Å². The van der Waals surface area contributed by atoms with Gasteiger partial charge >= 0.3 is 5.97 Å². The molecule has 1 atom stereocenters. The summed E-state index contributed by atoms with van der Waals surface area (Å²) in [6.07, 6.45) is 0. The van der Waals surface area contributed by atoms with E-state index >= 15 is 0 Å². The van der Waals surface area contributed by atoms with E-state index in [0.717, 1.165) is 15.6 Å². The molecule has 1 aromatic carbocycles. The molecule has 0 aliphatic heterocycles. The Morgan fingerprint density at radius 2 is 2.15 bits per heavy atom. The normalized spacial score (nSPS) is 12.3. The zero-order valence-corrected chi connectivity index (χ0v) is 14.1. The van der Waals surface area contributed by atoms with Crippen LogP contribution in [0.1, 0.15) is 25.9 Å². The lowest BCUT2D eigenvalue weighted by Gasteiger charge is -2.05. The molecule has 106 valence electrons. The van der Waals surface area contributed by atoms with Gasteiger partial charge in [-0.25, -0.2) is 9.78 Å². The summed E-state index contributed by atoms with van der Waals surface area (Å²) in [6, 6.07) is 4.67. The molecule has 1 unspecified atom stereocenters. The van der Waals surface area contributed by atoms with Crippen molar-refractivity contribution in [3.63, 3.8) is 0 Å². The van der Waals surface area contributed by atoms with Crippen LogP contribution in [0.15, 0.2) is 27.6 Å². The number of benzene rings is 1. The highest BCUT2D eigenvalue weighted by Gasteiger charge is 2.17. The third-order valence-electron chi connectivity index (χ3n) is 2.75. The molecule has 2 rings (SSSR count). The van der Waals surface area contributed by atoms with Crippen LogP contribution in [0.25, 0.3) is 0 Å². The van der Waals surface area contributed by atoms with Crippen molar-refractivity contribution >= 4 is 44.0 Å². The van der Waals surface area contributed by atoms with Crippen LogP contribution in [0.5, 0.6) is 0 Å². The Balaban J connectivity index is 2.33. The van der Waals surface area contributed by atoms with Crippen LogP contribution >= 0.6 is 27.3 Å². The van der Waals surface area contributed by atoms with Crippen LogP contribution in [0.4, 0.5) is 0 Å². The number of halogens is 1. The zero-order chi connectivity index (χ0) is 14.9. The Bertz CT molecular complexity index is 677. The molecule has 0 bridgehead atoms. The number of carboxylic acids is 1. The summed E-state index contributed by atoms with van der Waals surface area (Å²) >= 11 is 4.77. The van der Waals surface area contributed by atoms with Gasteiger partial charge in [-0.1, -0.05) is 15.9 Å². The number of hydrogen-bond donors (Lipinski definition) is 1. The van der Waals surface area contributed by atoms with Crippen molar-refractivity contribution in [2.24, 2.45) is 0 Å². The number of thiazole rings is 1. The molecule has 1 heterocycles. The van der Waals surface area contributed by atoms with E-state index in [4.69, 9.17) is 5.11 Å². The Hall–Kier alpha value is -1.05. The van der Waals surface area contributed by atoms with E-state index in [1.165, 1.54) is 17.4 Å². The molecule has 7 heteroatoms. The summed E-state index contributed by atoms with van der Waals surface area (Å²) in [7, 11) is -1.43. The van der Waals surface area contributed by atoms with Crippen molar-refractivity contribution in [1.82, 2.24) is 4.98 Å². The lowest BCUT2D eigenvalue weighted by molar-refractivity contribution is 0.0693. The monoisotopic (exact) mass is 373 g/mol. The molecule has 0 saturated carbocycles. The first kappa shape index (κ1) is 15.3. The minimum atomic E-state index is -1.43. The highest BCUT2D eigenvalue weighted by molar-refractivity contribution is 9.10. The second-order valence-corrected chi connectivity index (χ2v) is 7.81. The second kappa shape index (κ2) is 6.15. The number of aryl methyl sites for hydroxylation is 2. The lowest BCUT2D eigenvalue weighted by Crippen LogP contribution is -2.06. The number of aromatic carboxylic acids is 1. The minimum Gasteiger partial charge on any atom is -0.478 e. The fourth-order valence-electron chi connectivity index (χ4n) is 1.65. The highest BCUT2D eigenvalue weighted by Crippen LogP contribution is 2.24. The van der Waals surface area contributed by atoms with Gasteiger partial charge < -0.3 is 5.11 Å². The molecule has 0 saturated heterocycles. The molecule has 1 N–H and O–H groups in total. The number of aromatic nitrogens is 1. The third kappa shape index (κ3) is 3.34. The average molecular weight is 374 g/mol. The van der Waals surface area contributed by atoms with Gasteiger partial charge in [-0.15, -0.1) is 11.3 Å².